The maximum Gasteiger partial charge on any atom is 0.309 e. The first-order valence-corrected chi connectivity index (χ1v) is 15.0. The molecule has 0 aromatic rings. The van der Waals surface area contributed by atoms with Crippen LogP contribution in [-0.2, 0) is 9.53 Å². The van der Waals surface area contributed by atoms with Crippen molar-refractivity contribution in [3.63, 3.8) is 0 Å². The number of hydrogen-bond acceptors (Lipinski definition) is 4. The molecule has 0 saturated carbocycles. The maximum absolute atomic E-state index is 12.9. The van der Waals surface area contributed by atoms with E-state index in [9.17, 15) is 4.79 Å². The molecule has 0 spiro atoms. The Kier molecular flexibility index (Phi) is 11.1. The molecule has 36 heavy (non-hydrogen) atoms. The van der Waals surface area contributed by atoms with E-state index in [-0.39, 0.29) is 40.1 Å². The molecule has 4 heteroatoms. The zero-order valence-corrected chi connectivity index (χ0v) is 25.4. The number of carbonyl (C=O) groups excluding carboxylic acids is 1. The first kappa shape index (κ1) is 31.3. The van der Waals surface area contributed by atoms with Gasteiger partial charge in [-0.05, 0) is 106 Å². The van der Waals surface area contributed by atoms with Crippen molar-refractivity contribution in [1.29, 1.82) is 0 Å². The second-order valence-electron chi connectivity index (χ2n) is 14.9. The highest BCUT2D eigenvalue weighted by molar-refractivity contribution is 5.72. The summed E-state index contributed by atoms with van der Waals surface area (Å²) < 4.78 is 6.03. The number of hydrogen-bond donors (Lipinski definition) is 2. The molecule has 0 bridgehead atoms. The van der Waals surface area contributed by atoms with Crippen molar-refractivity contribution >= 4 is 5.97 Å². The van der Waals surface area contributed by atoms with Crippen molar-refractivity contribution in [2.75, 3.05) is 0 Å². The predicted molar refractivity (Wildman–Crippen MR) is 154 cm³/mol. The second kappa shape index (κ2) is 12.8. The van der Waals surface area contributed by atoms with Gasteiger partial charge in [-0.2, -0.15) is 0 Å². The number of ether oxygens (including phenoxy) is 1. The molecule has 0 aromatic heterocycles. The van der Waals surface area contributed by atoms with E-state index in [2.05, 4.69) is 79.5 Å². The quantitative estimate of drug-likeness (QED) is 0.151. The summed E-state index contributed by atoms with van der Waals surface area (Å²) in [5.74, 6) is 0.817. The highest BCUT2D eigenvalue weighted by atomic mass is 16.5. The van der Waals surface area contributed by atoms with Crippen LogP contribution in [0.25, 0.3) is 0 Å². The van der Waals surface area contributed by atoms with Crippen molar-refractivity contribution in [2.45, 2.75) is 174 Å². The van der Waals surface area contributed by atoms with Gasteiger partial charge in [0.2, 0.25) is 0 Å². The largest absolute Gasteiger partial charge is 0.462 e. The summed E-state index contributed by atoms with van der Waals surface area (Å²) in [6, 6.07) is 0. The van der Waals surface area contributed by atoms with E-state index in [1.54, 1.807) is 0 Å². The molecular formula is C32H60N2O2. The summed E-state index contributed by atoms with van der Waals surface area (Å²) in [7, 11) is 0. The van der Waals surface area contributed by atoms with Gasteiger partial charge < -0.3 is 15.4 Å². The summed E-state index contributed by atoms with van der Waals surface area (Å²) in [5.41, 5.74) is 1.87. The first-order chi connectivity index (χ1) is 16.5. The van der Waals surface area contributed by atoms with Gasteiger partial charge in [0.05, 0.1) is 5.92 Å². The molecule has 2 rings (SSSR count). The van der Waals surface area contributed by atoms with Gasteiger partial charge >= 0.3 is 5.97 Å². The number of piperidine rings is 2. The SMILES string of the molecule is C=C(CCCCCCCC(CC)C(=O)OC1CC(C)(C)NC(C)(C)C1)CC1CC(C)(C)NC(C)(C)C1. The van der Waals surface area contributed by atoms with Crippen LogP contribution in [0.5, 0.6) is 0 Å². The van der Waals surface area contributed by atoms with Crippen molar-refractivity contribution < 1.29 is 9.53 Å². The standard InChI is InChI=1S/C32H60N2O2/c1-11-26(28(35)36-27-22-31(7,8)34-32(9,10)23-27)18-16-14-12-13-15-17-24(2)19-25-20-29(3,4)33-30(5,6)21-25/h25-27,33-34H,2,11-23H2,1,3-10H3. The molecule has 2 heterocycles. The zero-order chi connectivity index (χ0) is 27.2. The Bertz CT molecular complexity index is 690. The smallest absolute Gasteiger partial charge is 0.309 e. The van der Waals surface area contributed by atoms with Gasteiger partial charge in [-0.1, -0.05) is 44.8 Å². The highest BCUT2D eigenvalue weighted by Crippen LogP contribution is 2.37. The van der Waals surface area contributed by atoms with Gasteiger partial charge in [0, 0.05) is 35.0 Å². The third-order valence-corrected chi connectivity index (χ3v) is 8.20. The minimum absolute atomic E-state index is 0.000497. The molecule has 1 atom stereocenters. The molecule has 0 amide bonds. The van der Waals surface area contributed by atoms with Gasteiger partial charge in [0.15, 0.2) is 0 Å². The lowest BCUT2D eigenvalue weighted by Gasteiger charge is -2.46. The van der Waals surface area contributed by atoms with Crippen LogP contribution in [0.1, 0.15) is 146 Å². The molecule has 210 valence electrons. The summed E-state index contributed by atoms with van der Waals surface area (Å²) in [6.07, 6.45) is 14.6. The number of esters is 1. The van der Waals surface area contributed by atoms with Crippen LogP contribution in [0.3, 0.4) is 0 Å². The van der Waals surface area contributed by atoms with E-state index in [1.165, 1.54) is 50.5 Å². The lowest BCUT2D eigenvalue weighted by atomic mass is 9.73. The summed E-state index contributed by atoms with van der Waals surface area (Å²) in [5, 5.41) is 7.46. The van der Waals surface area contributed by atoms with Crippen LogP contribution in [0.4, 0.5) is 0 Å². The first-order valence-electron chi connectivity index (χ1n) is 15.0. The average molecular weight is 505 g/mol. The summed E-state index contributed by atoms with van der Waals surface area (Å²) >= 11 is 0. The zero-order valence-electron chi connectivity index (χ0n) is 25.4. The summed E-state index contributed by atoms with van der Waals surface area (Å²) in [4.78, 5) is 12.9. The lowest BCUT2D eigenvalue weighted by molar-refractivity contribution is -0.158. The van der Waals surface area contributed by atoms with Crippen LogP contribution < -0.4 is 10.6 Å². The maximum atomic E-state index is 12.9. The Morgan fingerprint density at radius 1 is 0.806 bits per heavy atom. The van der Waals surface area contributed by atoms with Crippen LogP contribution in [0.2, 0.25) is 0 Å². The van der Waals surface area contributed by atoms with E-state index in [1.807, 2.05) is 0 Å². The third-order valence-electron chi connectivity index (χ3n) is 8.20. The number of allylic oxidation sites excluding steroid dienone is 1. The number of carbonyl (C=O) groups is 1. The number of rotatable bonds is 13. The molecule has 0 aliphatic carbocycles. The minimum Gasteiger partial charge on any atom is -0.462 e. The Hall–Kier alpha value is -0.870. The fourth-order valence-corrected chi connectivity index (χ4v) is 7.55. The molecule has 4 nitrogen and oxygen atoms in total. The average Bonchev–Trinajstić information content (AvgIpc) is 2.64. The Morgan fingerprint density at radius 3 is 1.81 bits per heavy atom. The Morgan fingerprint density at radius 2 is 1.28 bits per heavy atom. The second-order valence-corrected chi connectivity index (χ2v) is 14.9. The van der Waals surface area contributed by atoms with Crippen LogP contribution in [-0.4, -0.2) is 34.2 Å². The topological polar surface area (TPSA) is 50.4 Å². The molecule has 0 aromatic carbocycles. The predicted octanol–water partition coefficient (Wildman–Crippen LogP) is 8.10. The van der Waals surface area contributed by atoms with Crippen molar-refractivity contribution in [3.05, 3.63) is 12.2 Å². The minimum atomic E-state index is 0.000497. The highest BCUT2D eigenvalue weighted by Gasteiger charge is 2.40. The molecule has 2 fully saturated rings. The van der Waals surface area contributed by atoms with Crippen LogP contribution >= 0.6 is 0 Å². The Balaban J connectivity index is 1.60. The van der Waals surface area contributed by atoms with E-state index >= 15 is 0 Å². The molecule has 0 radical (unpaired) electrons. The monoisotopic (exact) mass is 504 g/mol. The van der Waals surface area contributed by atoms with Gasteiger partial charge in [0.1, 0.15) is 6.10 Å². The normalized spacial score (nSPS) is 24.2. The van der Waals surface area contributed by atoms with Crippen LogP contribution in [0.15, 0.2) is 12.2 Å². The van der Waals surface area contributed by atoms with E-state index in [0.717, 1.165) is 44.4 Å². The van der Waals surface area contributed by atoms with Gasteiger partial charge in [0.25, 0.3) is 0 Å². The fraction of sp³-hybridized carbons (Fsp3) is 0.906. The fourth-order valence-electron chi connectivity index (χ4n) is 7.55. The molecular weight excluding hydrogens is 444 g/mol. The van der Waals surface area contributed by atoms with Gasteiger partial charge in [-0.15, -0.1) is 0 Å². The van der Waals surface area contributed by atoms with Crippen LogP contribution in [0, 0.1) is 11.8 Å². The van der Waals surface area contributed by atoms with E-state index < -0.39 is 0 Å². The van der Waals surface area contributed by atoms with Crippen molar-refractivity contribution in [3.8, 4) is 0 Å². The van der Waals surface area contributed by atoms with Gasteiger partial charge in [-0.25, -0.2) is 0 Å². The molecule has 2 saturated heterocycles. The molecule has 2 aliphatic rings. The van der Waals surface area contributed by atoms with E-state index in [0.29, 0.717) is 0 Å². The molecule has 1 unspecified atom stereocenters. The summed E-state index contributed by atoms with van der Waals surface area (Å²) in [6.45, 7) is 24.7. The molecule has 2 N–H and O–H groups in total. The third kappa shape index (κ3) is 11.3. The Labute approximate surface area is 224 Å². The van der Waals surface area contributed by atoms with E-state index in [4.69, 9.17) is 4.74 Å². The van der Waals surface area contributed by atoms with Crippen molar-refractivity contribution in [2.24, 2.45) is 11.8 Å². The molecule has 2 aliphatic heterocycles. The van der Waals surface area contributed by atoms with Crippen molar-refractivity contribution in [1.82, 2.24) is 10.6 Å². The number of unbranched alkanes of at least 4 members (excludes halogenated alkanes) is 4. The lowest BCUT2D eigenvalue weighted by Crippen LogP contribution is -2.59. The van der Waals surface area contributed by atoms with Gasteiger partial charge in [-0.3, -0.25) is 4.79 Å². The number of nitrogens with one attached hydrogen (secondary N) is 2.